The fraction of sp³-hybridized carbons (Fsp3) is 0.0667. The highest BCUT2D eigenvalue weighted by Gasteiger charge is 2.14. The molecule has 2 aromatic rings. The highest BCUT2D eigenvalue weighted by Crippen LogP contribution is 2.17. The Hall–Kier alpha value is -3.62. The molecule has 0 aliphatic carbocycles. The number of hydrazone groups is 1. The Kier molecular flexibility index (Phi) is 5.29. The average molecular weight is 328 g/mol. The lowest BCUT2D eigenvalue weighted by atomic mass is 10.1. The molecule has 0 aromatic heterocycles. The van der Waals surface area contributed by atoms with Crippen molar-refractivity contribution in [1.29, 1.82) is 0 Å². The third-order valence-corrected chi connectivity index (χ3v) is 3.05. The minimum atomic E-state index is -0.553. The first-order chi connectivity index (χ1) is 11.5. The van der Waals surface area contributed by atoms with Gasteiger partial charge in [-0.1, -0.05) is 18.2 Å². The number of nitro groups is 2. The van der Waals surface area contributed by atoms with Crippen molar-refractivity contribution in [2.75, 3.05) is 0 Å². The third kappa shape index (κ3) is 4.44. The molecule has 0 spiro atoms. The van der Waals surface area contributed by atoms with Gasteiger partial charge >= 0.3 is 0 Å². The van der Waals surface area contributed by atoms with Crippen molar-refractivity contribution in [2.45, 2.75) is 6.42 Å². The zero-order chi connectivity index (χ0) is 17.5. The van der Waals surface area contributed by atoms with Crippen molar-refractivity contribution in [2.24, 2.45) is 5.10 Å². The summed E-state index contributed by atoms with van der Waals surface area (Å²) in [5.74, 6) is -0.512. The Bertz CT molecular complexity index is 802. The molecular formula is C15H12N4O5. The molecule has 0 aliphatic rings. The van der Waals surface area contributed by atoms with Gasteiger partial charge in [-0.15, -0.1) is 0 Å². The van der Waals surface area contributed by atoms with Crippen molar-refractivity contribution in [3.8, 4) is 0 Å². The lowest BCUT2D eigenvalue weighted by molar-refractivity contribution is -0.385. The normalized spacial score (nSPS) is 10.5. The van der Waals surface area contributed by atoms with Crippen LogP contribution in [0, 0.1) is 20.2 Å². The Morgan fingerprint density at radius 1 is 1.04 bits per heavy atom. The molecular weight excluding hydrogens is 316 g/mol. The molecule has 0 aliphatic heterocycles. The lowest BCUT2D eigenvalue weighted by Crippen LogP contribution is -2.20. The Balaban J connectivity index is 1.96. The van der Waals surface area contributed by atoms with Crippen LogP contribution in [0.1, 0.15) is 11.1 Å². The van der Waals surface area contributed by atoms with E-state index < -0.39 is 15.8 Å². The Labute approximate surface area is 135 Å². The van der Waals surface area contributed by atoms with Gasteiger partial charge in [-0.2, -0.15) is 5.10 Å². The van der Waals surface area contributed by atoms with Gasteiger partial charge in [0.2, 0.25) is 5.91 Å². The number of hydrogen-bond acceptors (Lipinski definition) is 6. The maximum atomic E-state index is 11.8. The molecule has 122 valence electrons. The van der Waals surface area contributed by atoms with Crippen molar-refractivity contribution >= 4 is 23.5 Å². The smallest absolute Gasteiger partial charge is 0.273 e. The number of carbonyl (C=O) groups is 1. The molecule has 9 heteroatoms. The van der Waals surface area contributed by atoms with Gasteiger partial charge in [0, 0.05) is 23.8 Å². The van der Waals surface area contributed by atoms with Gasteiger partial charge < -0.3 is 0 Å². The highest BCUT2D eigenvalue weighted by molar-refractivity contribution is 5.83. The van der Waals surface area contributed by atoms with Crippen LogP contribution in [0.2, 0.25) is 0 Å². The lowest BCUT2D eigenvalue weighted by Gasteiger charge is -2.01. The summed E-state index contributed by atoms with van der Waals surface area (Å²) in [6.07, 6.45) is 1.13. The van der Waals surface area contributed by atoms with Gasteiger partial charge in [0.25, 0.3) is 11.4 Å². The molecule has 0 saturated carbocycles. The fourth-order valence-corrected chi connectivity index (χ4v) is 1.91. The molecule has 0 fully saturated rings. The maximum absolute atomic E-state index is 11.8. The second-order valence-electron chi connectivity index (χ2n) is 4.70. The predicted molar refractivity (Wildman–Crippen MR) is 85.6 cm³/mol. The first-order valence-electron chi connectivity index (χ1n) is 6.76. The molecule has 2 rings (SSSR count). The molecule has 1 N–H and O–H groups in total. The molecule has 0 radical (unpaired) electrons. The van der Waals surface area contributed by atoms with E-state index in [-0.39, 0.29) is 23.4 Å². The van der Waals surface area contributed by atoms with Gasteiger partial charge in [-0.05, 0) is 17.7 Å². The number of nitrogens with one attached hydrogen (secondary N) is 1. The quantitative estimate of drug-likeness (QED) is 0.494. The van der Waals surface area contributed by atoms with E-state index >= 15 is 0 Å². The van der Waals surface area contributed by atoms with Crippen LogP contribution in [0.15, 0.2) is 53.6 Å². The van der Waals surface area contributed by atoms with Crippen molar-refractivity contribution in [3.05, 3.63) is 79.9 Å². The average Bonchev–Trinajstić information content (AvgIpc) is 2.55. The molecule has 2 aromatic carbocycles. The number of carbonyl (C=O) groups excluding carboxylic acids is 1. The summed E-state index contributed by atoms with van der Waals surface area (Å²) < 4.78 is 0. The van der Waals surface area contributed by atoms with Gasteiger partial charge in [0.05, 0.1) is 22.5 Å². The minimum Gasteiger partial charge on any atom is -0.273 e. The molecule has 0 atom stereocenters. The first-order valence-corrected chi connectivity index (χ1v) is 6.76. The first kappa shape index (κ1) is 16.7. The number of rotatable bonds is 6. The molecule has 0 bridgehead atoms. The van der Waals surface area contributed by atoms with Crippen LogP contribution >= 0.6 is 0 Å². The monoisotopic (exact) mass is 328 g/mol. The van der Waals surface area contributed by atoms with E-state index in [4.69, 9.17) is 0 Å². The molecule has 0 heterocycles. The summed E-state index contributed by atoms with van der Waals surface area (Å²) in [6.45, 7) is 0. The summed E-state index contributed by atoms with van der Waals surface area (Å²) in [4.78, 5) is 32.1. The number of amides is 1. The second kappa shape index (κ2) is 7.58. The largest absolute Gasteiger partial charge is 0.273 e. The second-order valence-corrected chi connectivity index (χ2v) is 4.70. The van der Waals surface area contributed by atoms with Crippen molar-refractivity contribution in [1.82, 2.24) is 5.43 Å². The van der Waals surface area contributed by atoms with E-state index in [2.05, 4.69) is 10.5 Å². The number of nitrogens with zero attached hydrogens (tertiary/aromatic N) is 3. The molecule has 0 unspecified atom stereocenters. The SMILES string of the molecule is O=C(Cc1ccccc1[N+](=O)[O-])N/N=C/c1ccc([N+](=O)[O-])cc1. The van der Waals surface area contributed by atoms with Crippen LogP contribution in [0.5, 0.6) is 0 Å². The molecule has 9 nitrogen and oxygen atoms in total. The van der Waals surface area contributed by atoms with Crippen LogP contribution in [0.25, 0.3) is 0 Å². The summed E-state index contributed by atoms with van der Waals surface area (Å²) in [5.41, 5.74) is 2.92. The number of para-hydroxylation sites is 1. The van der Waals surface area contributed by atoms with Crippen molar-refractivity contribution in [3.63, 3.8) is 0 Å². The summed E-state index contributed by atoms with van der Waals surface area (Å²) >= 11 is 0. The van der Waals surface area contributed by atoms with Gasteiger partial charge in [-0.3, -0.25) is 25.0 Å². The van der Waals surface area contributed by atoms with E-state index in [1.165, 1.54) is 48.7 Å². The maximum Gasteiger partial charge on any atom is 0.273 e. The number of benzene rings is 2. The van der Waals surface area contributed by atoms with Crippen LogP contribution < -0.4 is 5.43 Å². The Morgan fingerprint density at radius 3 is 2.33 bits per heavy atom. The predicted octanol–water partition coefficient (Wildman–Crippen LogP) is 2.20. The molecule has 1 amide bonds. The number of non-ortho nitro benzene ring substituents is 1. The molecule has 24 heavy (non-hydrogen) atoms. The van der Waals surface area contributed by atoms with E-state index in [0.29, 0.717) is 5.56 Å². The summed E-state index contributed by atoms with van der Waals surface area (Å²) in [6, 6.07) is 11.5. The zero-order valence-corrected chi connectivity index (χ0v) is 12.3. The van der Waals surface area contributed by atoms with Crippen LogP contribution in [-0.2, 0) is 11.2 Å². The Morgan fingerprint density at radius 2 is 1.71 bits per heavy atom. The highest BCUT2D eigenvalue weighted by atomic mass is 16.6. The molecule has 0 saturated heterocycles. The number of nitro benzene ring substituents is 2. The summed E-state index contributed by atoms with van der Waals surface area (Å²) in [5, 5.41) is 25.1. The van der Waals surface area contributed by atoms with Gasteiger partial charge in [0.1, 0.15) is 0 Å². The van der Waals surface area contributed by atoms with E-state index in [9.17, 15) is 25.0 Å². The standard InChI is InChI=1S/C15H12N4O5/c20-15(9-12-3-1-2-4-14(12)19(23)24)17-16-10-11-5-7-13(8-6-11)18(21)22/h1-8,10H,9H2,(H,17,20)/b16-10+. The minimum absolute atomic E-state index is 0.0485. The third-order valence-electron chi connectivity index (χ3n) is 3.05. The van der Waals surface area contributed by atoms with E-state index in [1.807, 2.05) is 0 Å². The van der Waals surface area contributed by atoms with Crippen LogP contribution in [0.3, 0.4) is 0 Å². The zero-order valence-electron chi connectivity index (χ0n) is 12.3. The van der Waals surface area contributed by atoms with Crippen molar-refractivity contribution < 1.29 is 14.6 Å². The van der Waals surface area contributed by atoms with Gasteiger partial charge in [-0.25, -0.2) is 5.43 Å². The van der Waals surface area contributed by atoms with E-state index in [0.717, 1.165) is 0 Å². The fourth-order valence-electron chi connectivity index (χ4n) is 1.91. The van der Waals surface area contributed by atoms with Crippen LogP contribution in [-0.4, -0.2) is 22.0 Å². The van der Waals surface area contributed by atoms with E-state index in [1.54, 1.807) is 6.07 Å². The number of hydrogen-bond donors (Lipinski definition) is 1. The topological polar surface area (TPSA) is 128 Å². The van der Waals surface area contributed by atoms with Crippen LogP contribution in [0.4, 0.5) is 11.4 Å². The summed E-state index contributed by atoms with van der Waals surface area (Å²) in [7, 11) is 0. The van der Waals surface area contributed by atoms with Gasteiger partial charge in [0.15, 0.2) is 0 Å².